The predicted octanol–water partition coefficient (Wildman–Crippen LogP) is 1.30. The van der Waals surface area contributed by atoms with Crippen molar-refractivity contribution < 1.29 is 15.3 Å². The van der Waals surface area contributed by atoms with Gasteiger partial charge in [-0.2, -0.15) is 0 Å². The highest BCUT2D eigenvalue weighted by Gasteiger charge is 2.10. The number of phenolic OH excluding ortho intramolecular Hbond substituents is 3. The fourth-order valence-electron chi connectivity index (χ4n) is 1.07. The average Bonchev–Trinajstić information content (AvgIpc) is 2.13. The van der Waals surface area contributed by atoms with Crippen LogP contribution >= 0.6 is 0 Å². The number of hydrogen-bond acceptors (Lipinski definition) is 4. The minimum absolute atomic E-state index is 0.266. The standard InChI is InChI=1S/C10H15NO3/c1-6(2)11-5-7-3-4-8(12)10(14)9(7)13/h3-4,6,11-14H,5H2,1-2H3. The largest absolute Gasteiger partial charge is 0.504 e. The van der Waals surface area contributed by atoms with Crippen molar-refractivity contribution in [2.24, 2.45) is 0 Å². The van der Waals surface area contributed by atoms with Gasteiger partial charge in [-0.1, -0.05) is 19.9 Å². The lowest BCUT2D eigenvalue weighted by atomic mass is 10.1. The van der Waals surface area contributed by atoms with Gasteiger partial charge in [0.25, 0.3) is 0 Å². The molecule has 0 spiro atoms. The molecule has 1 aromatic carbocycles. The normalized spacial score (nSPS) is 10.8. The Labute approximate surface area is 82.8 Å². The first-order valence-corrected chi connectivity index (χ1v) is 4.48. The molecule has 0 saturated heterocycles. The van der Waals surface area contributed by atoms with Crippen LogP contribution in [0.2, 0.25) is 0 Å². The van der Waals surface area contributed by atoms with E-state index in [0.717, 1.165) is 0 Å². The zero-order valence-electron chi connectivity index (χ0n) is 8.28. The highest BCUT2D eigenvalue weighted by molar-refractivity contribution is 5.52. The van der Waals surface area contributed by atoms with Crippen molar-refractivity contribution in [1.29, 1.82) is 0 Å². The first-order chi connectivity index (χ1) is 6.52. The molecule has 78 valence electrons. The van der Waals surface area contributed by atoms with E-state index < -0.39 is 5.75 Å². The molecule has 0 saturated carbocycles. The van der Waals surface area contributed by atoms with Crippen molar-refractivity contribution in [1.82, 2.24) is 5.32 Å². The van der Waals surface area contributed by atoms with E-state index in [1.165, 1.54) is 6.07 Å². The van der Waals surface area contributed by atoms with Gasteiger partial charge in [0.2, 0.25) is 5.75 Å². The van der Waals surface area contributed by atoms with Crippen molar-refractivity contribution >= 4 is 0 Å². The molecule has 0 radical (unpaired) electrons. The number of hydrogen-bond donors (Lipinski definition) is 4. The Hall–Kier alpha value is -1.42. The van der Waals surface area contributed by atoms with Crippen LogP contribution in [0.25, 0.3) is 0 Å². The van der Waals surface area contributed by atoms with Gasteiger partial charge in [-0.05, 0) is 6.07 Å². The molecule has 1 aromatic rings. The fourth-order valence-corrected chi connectivity index (χ4v) is 1.07. The molecule has 0 aliphatic carbocycles. The second kappa shape index (κ2) is 4.19. The Morgan fingerprint density at radius 3 is 2.36 bits per heavy atom. The SMILES string of the molecule is CC(C)NCc1ccc(O)c(O)c1O. The van der Waals surface area contributed by atoms with Crippen LogP contribution in [0.1, 0.15) is 19.4 Å². The van der Waals surface area contributed by atoms with Crippen LogP contribution in [-0.2, 0) is 6.54 Å². The Morgan fingerprint density at radius 2 is 1.79 bits per heavy atom. The summed E-state index contributed by atoms with van der Waals surface area (Å²) in [5.41, 5.74) is 0.564. The third-order valence-electron chi connectivity index (χ3n) is 1.91. The van der Waals surface area contributed by atoms with E-state index in [4.69, 9.17) is 5.11 Å². The van der Waals surface area contributed by atoms with E-state index in [0.29, 0.717) is 18.2 Å². The molecule has 4 heteroatoms. The fraction of sp³-hybridized carbons (Fsp3) is 0.400. The molecule has 0 aromatic heterocycles. The second-order valence-corrected chi connectivity index (χ2v) is 3.48. The minimum atomic E-state index is -0.465. The maximum absolute atomic E-state index is 9.44. The van der Waals surface area contributed by atoms with Crippen LogP contribution in [0.4, 0.5) is 0 Å². The summed E-state index contributed by atoms with van der Waals surface area (Å²) in [7, 11) is 0. The average molecular weight is 197 g/mol. The van der Waals surface area contributed by atoms with E-state index in [1.54, 1.807) is 6.07 Å². The van der Waals surface area contributed by atoms with Crippen LogP contribution in [0.15, 0.2) is 12.1 Å². The third kappa shape index (κ3) is 2.29. The summed E-state index contributed by atoms with van der Waals surface area (Å²) in [6.45, 7) is 4.42. The van der Waals surface area contributed by atoms with E-state index in [1.807, 2.05) is 13.8 Å². The van der Waals surface area contributed by atoms with Crippen molar-refractivity contribution in [3.05, 3.63) is 17.7 Å². The zero-order valence-corrected chi connectivity index (χ0v) is 8.28. The number of rotatable bonds is 3. The Kier molecular flexibility index (Phi) is 3.19. The van der Waals surface area contributed by atoms with Crippen LogP contribution in [0, 0.1) is 0 Å². The summed E-state index contributed by atoms with van der Waals surface area (Å²) in [6, 6.07) is 3.22. The van der Waals surface area contributed by atoms with Gasteiger partial charge in [-0.25, -0.2) is 0 Å². The molecule has 0 heterocycles. The smallest absolute Gasteiger partial charge is 0.200 e. The molecule has 0 bridgehead atoms. The Bertz CT molecular complexity index is 323. The molecule has 0 atom stereocenters. The quantitative estimate of drug-likeness (QED) is 0.551. The summed E-state index contributed by atoms with van der Waals surface area (Å²) in [5, 5.41) is 30.8. The summed E-state index contributed by atoms with van der Waals surface area (Å²) >= 11 is 0. The summed E-state index contributed by atoms with van der Waals surface area (Å²) in [5.74, 6) is -1.04. The maximum atomic E-state index is 9.44. The number of nitrogens with one attached hydrogen (secondary N) is 1. The molecular formula is C10H15NO3. The van der Waals surface area contributed by atoms with Gasteiger partial charge in [0.1, 0.15) is 0 Å². The third-order valence-corrected chi connectivity index (χ3v) is 1.91. The molecule has 4 N–H and O–H groups in total. The van der Waals surface area contributed by atoms with Gasteiger partial charge in [-0.3, -0.25) is 0 Å². The minimum Gasteiger partial charge on any atom is -0.504 e. The lowest BCUT2D eigenvalue weighted by molar-refractivity contribution is 0.363. The van der Waals surface area contributed by atoms with Gasteiger partial charge < -0.3 is 20.6 Å². The van der Waals surface area contributed by atoms with Gasteiger partial charge in [0.15, 0.2) is 11.5 Å². The van der Waals surface area contributed by atoms with Crippen molar-refractivity contribution in [3.63, 3.8) is 0 Å². The lowest BCUT2D eigenvalue weighted by Gasteiger charge is -2.10. The van der Waals surface area contributed by atoms with E-state index >= 15 is 0 Å². The van der Waals surface area contributed by atoms with Gasteiger partial charge in [0.05, 0.1) is 0 Å². The van der Waals surface area contributed by atoms with Gasteiger partial charge >= 0.3 is 0 Å². The summed E-state index contributed by atoms with van der Waals surface area (Å²) < 4.78 is 0. The van der Waals surface area contributed by atoms with E-state index in [9.17, 15) is 10.2 Å². The molecule has 4 nitrogen and oxygen atoms in total. The molecule has 0 aliphatic heterocycles. The Balaban J connectivity index is 2.83. The first-order valence-electron chi connectivity index (χ1n) is 4.48. The first kappa shape index (κ1) is 10.7. The van der Waals surface area contributed by atoms with Gasteiger partial charge in [-0.15, -0.1) is 0 Å². The van der Waals surface area contributed by atoms with Crippen LogP contribution in [-0.4, -0.2) is 21.4 Å². The topological polar surface area (TPSA) is 72.7 Å². The van der Waals surface area contributed by atoms with Crippen LogP contribution in [0.5, 0.6) is 17.2 Å². The number of phenols is 3. The zero-order chi connectivity index (χ0) is 10.7. The van der Waals surface area contributed by atoms with Crippen molar-refractivity contribution in [2.45, 2.75) is 26.4 Å². The molecule has 0 aliphatic rings. The molecule has 14 heavy (non-hydrogen) atoms. The molecule has 0 fully saturated rings. The molecule has 1 rings (SSSR count). The van der Waals surface area contributed by atoms with Crippen LogP contribution in [0.3, 0.4) is 0 Å². The van der Waals surface area contributed by atoms with Crippen LogP contribution < -0.4 is 5.32 Å². The van der Waals surface area contributed by atoms with E-state index in [2.05, 4.69) is 5.32 Å². The highest BCUT2D eigenvalue weighted by Crippen LogP contribution is 2.36. The van der Waals surface area contributed by atoms with E-state index in [-0.39, 0.29) is 11.5 Å². The number of benzene rings is 1. The van der Waals surface area contributed by atoms with Crippen molar-refractivity contribution in [3.8, 4) is 17.2 Å². The summed E-state index contributed by atoms with van der Waals surface area (Å²) in [4.78, 5) is 0. The van der Waals surface area contributed by atoms with Gasteiger partial charge in [0, 0.05) is 18.2 Å². The molecule has 0 unspecified atom stereocenters. The maximum Gasteiger partial charge on any atom is 0.200 e. The molecular weight excluding hydrogens is 182 g/mol. The summed E-state index contributed by atoms with van der Waals surface area (Å²) in [6.07, 6.45) is 0. The Morgan fingerprint density at radius 1 is 1.14 bits per heavy atom. The predicted molar refractivity (Wildman–Crippen MR) is 53.4 cm³/mol. The highest BCUT2D eigenvalue weighted by atomic mass is 16.3. The number of aromatic hydroxyl groups is 3. The second-order valence-electron chi connectivity index (χ2n) is 3.48. The monoisotopic (exact) mass is 197 g/mol. The molecule has 0 amide bonds. The lowest BCUT2D eigenvalue weighted by Crippen LogP contribution is -2.21. The van der Waals surface area contributed by atoms with Crippen molar-refractivity contribution in [2.75, 3.05) is 0 Å².